The van der Waals surface area contributed by atoms with Crippen LogP contribution in [0.3, 0.4) is 0 Å². The lowest BCUT2D eigenvalue weighted by molar-refractivity contribution is -0.134. The summed E-state index contributed by atoms with van der Waals surface area (Å²) in [4.78, 5) is 54.8. The average Bonchev–Trinajstić information content (AvgIpc) is 3.75. The number of amides is 3. The second kappa shape index (κ2) is 14.4. The highest BCUT2D eigenvalue weighted by atomic mass is 16.6. The SMILES string of the molecule is COc1ccc(CC(NC(=O)C(C)NC(=O)CN2CCOCC2)C(=O)NC(Cc2ccccc2)C(=O)[C@]2(C)CO2)cc1. The van der Waals surface area contributed by atoms with Crippen molar-refractivity contribution in [3.05, 3.63) is 65.7 Å². The van der Waals surface area contributed by atoms with E-state index in [4.69, 9.17) is 14.2 Å². The van der Waals surface area contributed by atoms with E-state index in [0.717, 1.165) is 11.1 Å². The summed E-state index contributed by atoms with van der Waals surface area (Å²) in [7, 11) is 1.56. The smallest absolute Gasteiger partial charge is 0.243 e. The maximum absolute atomic E-state index is 13.7. The number of carbonyl (C=O) groups excluding carboxylic acids is 4. The molecule has 3 N–H and O–H groups in total. The molecule has 0 bridgehead atoms. The van der Waals surface area contributed by atoms with Crippen molar-refractivity contribution in [2.24, 2.45) is 0 Å². The van der Waals surface area contributed by atoms with Gasteiger partial charge in [-0.1, -0.05) is 42.5 Å². The van der Waals surface area contributed by atoms with Crippen LogP contribution in [0.5, 0.6) is 5.75 Å². The van der Waals surface area contributed by atoms with Gasteiger partial charge in [0.05, 0.1) is 39.5 Å². The van der Waals surface area contributed by atoms with Crippen molar-refractivity contribution >= 4 is 23.5 Å². The molecular formula is C31H40N4O7. The van der Waals surface area contributed by atoms with Crippen molar-refractivity contribution in [2.45, 2.75) is 50.4 Å². The largest absolute Gasteiger partial charge is 0.497 e. The minimum Gasteiger partial charge on any atom is -0.497 e. The van der Waals surface area contributed by atoms with E-state index in [1.54, 1.807) is 33.1 Å². The summed E-state index contributed by atoms with van der Waals surface area (Å²) in [5.41, 5.74) is 0.720. The average molecular weight is 581 g/mol. The number of ketones is 1. The van der Waals surface area contributed by atoms with Gasteiger partial charge in [-0.15, -0.1) is 0 Å². The van der Waals surface area contributed by atoms with Crippen molar-refractivity contribution in [3.63, 3.8) is 0 Å². The second-order valence-electron chi connectivity index (χ2n) is 10.9. The molecule has 2 aromatic rings. The first-order chi connectivity index (χ1) is 20.2. The first-order valence-corrected chi connectivity index (χ1v) is 14.2. The normalized spacial score (nSPS) is 20.5. The molecule has 3 unspecified atom stereocenters. The van der Waals surface area contributed by atoms with Crippen LogP contribution >= 0.6 is 0 Å². The van der Waals surface area contributed by atoms with Crippen molar-refractivity contribution in [2.75, 3.05) is 46.6 Å². The van der Waals surface area contributed by atoms with Gasteiger partial charge in [-0.2, -0.15) is 0 Å². The molecule has 0 spiro atoms. The van der Waals surface area contributed by atoms with Gasteiger partial charge in [0.2, 0.25) is 17.7 Å². The Morgan fingerprint density at radius 2 is 1.48 bits per heavy atom. The van der Waals surface area contributed by atoms with Gasteiger partial charge < -0.3 is 30.2 Å². The molecule has 11 nitrogen and oxygen atoms in total. The molecule has 4 rings (SSSR count). The predicted molar refractivity (Wildman–Crippen MR) is 155 cm³/mol. The van der Waals surface area contributed by atoms with Crippen molar-refractivity contribution in [3.8, 4) is 5.75 Å². The number of ether oxygens (including phenoxy) is 3. The number of methoxy groups -OCH3 is 1. The lowest BCUT2D eigenvalue weighted by Gasteiger charge is -2.27. The van der Waals surface area contributed by atoms with Crippen LogP contribution < -0.4 is 20.7 Å². The zero-order valence-electron chi connectivity index (χ0n) is 24.4. The Balaban J connectivity index is 1.46. The van der Waals surface area contributed by atoms with E-state index in [0.29, 0.717) is 38.7 Å². The van der Waals surface area contributed by atoms with Crippen LogP contribution in [-0.4, -0.2) is 98.7 Å². The fourth-order valence-corrected chi connectivity index (χ4v) is 4.77. The monoisotopic (exact) mass is 580 g/mol. The summed E-state index contributed by atoms with van der Waals surface area (Å²) < 4.78 is 15.9. The number of rotatable bonds is 14. The summed E-state index contributed by atoms with van der Waals surface area (Å²) in [6.45, 7) is 6.13. The Hall–Kier alpha value is -3.80. The third-order valence-corrected chi connectivity index (χ3v) is 7.49. The highest BCUT2D eigenvalue weighted by molar-refractivity contribution is 5.98. The molecule has 3 amide bonds. The summed E-state index contributed by atoms with van der Waals surface area (Å²) in [6.07, 6.45) is 0.442. The van der Waals surface area contributed by atoms with E-state index in [1.165, 1.54) is 0 Å². The Labute approximate surface area is 246 Å². The number of nitrogens with zero attached hydrogens (tertiary/aromatic N) is 1. The van der Waals surface area contributed by atoms with Gasteiger partial charge in [0, 0.05) is 19.5 Å². The first-order valence-electron chi connectivity index (χ1n) is 14.2. The molecule has 0 radical (unpaired) electrons. The van der Waals surface area contributed by atoms with Crippen LogP contribution in [0.4, 0.5) is 0 Å². The van der Waals surface area contributed by atoms with Crippen molar-refractivity contribution in [1.82, 2.24) is 20.9 Å². The fraction of sp³-hybridized carbons (Fsp3) is 0.484. The van der Waals surface area contributed by atoms with Gasteiger partial charge in [0.1, 0.15) is 23.4 Å². The third kappa shape index (κ3) is 8.85. The molecule has 2 heterocycles. The molecule has 42 heavy (non-hydrogen) atoms. The fourth-order valence-electron chi connectivity index (χ4n) is 4.77. The third-order valence-electron chi connectivity index (χ3n) is 7.49. The van der Waals surface area contributed by atoms with Gasteiger partial charge in [-0.25, -0.2) is 0 Å². The van der Waals surface area contributed by atoms with Crippen LogP contribution in [0.15, 0.2) is 54.6 Å². The molecule has 0 aliphatic carbocycles. The Morgan fingerprint density at radius 1 is 0.881 bits per heavy atom. The van der Waals surface area contributed by atoms with Crippen LogP contribution in [-0.2, 0) is 41.5 Å². The molecule has 2 saturated heterocycles. The molecular weight excluding hydrogens is 540 g/mol. The standard InChI is InChI=1S/C31H40N4O7/c1-21(32-27(36)19-35-13-15-41-16-14-35)29(38)34-26(18-23-9-11-24(40-3)12-10-23)30(39)33-25(28(37)31(2)20-42-31)17-22-7-5-4-6-8-22/h4-12,21,25-26H,13-20H2,1-3H3,(H,32,36)(H,33,39)(H,34,38)/t21?,25?,26?,31-/m0/s1. The topological polar surface area (TPSA) is 139 Å². The lowest BCUT2D eigenvalue weighted by Crippen LogP contribution is -2.57. The van der Waals surface area contributed by atoms with Gasteiger partial charge in [-0.05, 0) is 43.5 Å². The number of benzene rings is 2. The van der Waals surface area contributed by atoms with Crippen LogP contribution in [0, 0.1) is 0 Å². The van der Waals surface area contributed by atoms with Gasteiger partial charge >= 0.3 is 0 Å². The minimum absolute atomic E-state index is 0.154. The van der Waals surface area contributed by atoms with E-state index in [-0.39, 0.29) is 31.1 Å². The van der Waals surface area contributed by atoms with Crippen LogP contribution in [0.1, 0.15) is 25.0 Å². The summed E-state index contributed by atoms with van der Waals surface area (Å²) in [5.74, 6) is -0.876. The van der Waals surface area contributed by atoms with E-state index >= 15 is 0 Å². The summed E-state index contributed by atoms with van der Waals surface area (Å²) in [6, 6.07) is 13.8. The number of Topliss-reactive ketones (excluding diaryl/α,β-unsaturated/α-hetero) is 1. The maximum Gasteiger partial charge on any atom is 0.243 e. The zero-order chi connectivity index (χ0) is 30.1. The predicted octanol–water partition coefficient (Wildman–Crippen LogP) is 0.645. The highest BCUT2D eigenvalue weighted by Crippen LogP contribution is 2.29. The van der Waals surface area contributed by atoms with E-state index in [9.17, 15) is 19.2 Å². The Bertz CT molecular complexity index is 1230. The van der Waals surface area contributed by atoms with Gasteiger partial charge in [0.25, 0.3) is 0 Å². The molecule has 2 fully saturated rings. The van der Waals surface area contributed by atoms with E-state index in [2.05, 4.69) is 16.0 Å². The number of morpholine rings is 1. The minimum atomic E-state index is -1.01. The number of nitrogens with one attached hydrogen (secondary N) is 3. The molecule has 0 aromatic heterocycles. The Kier molecular flexibility index (Phi) is 10.7. The van der Waals surface area contributed by atoms with E-state index < -0.39 is 35.5 Å². The number of carbonyl (C=O) groups is 4. The lowest BCUT2D eigenvalue weighted by atomic mass is 9.94. The van der Waals surface area contributed by atoms with Gasteiger partial charge in [0.15, 0.2) is 5.78 Å². The second-order valence-corrected chi connectivity index (χ2v) is 10.9. The van der Waals surface area contributed by atoms with Gasteiger partial charge in [-0.3, -0.25) is 24.1 Å². The van der Waals surface area contributed by atoms with Crippen LogP contribution in [0.2, 0.25) is 0 Å². The Morgan fingerprint density at radius 3 is 2.10 bits per heavy atom. The summed E-state index contributed by atoms with van der Waals surface area (Å²) in [5, 5.41) is 8.39. The first kappa shape index (κ1) is 31.1. The van der Waals surface area contributed by atoms with Crippen molar-refractivity contribution in [1.29, 1.82) is 0 Å². The maximum atomic E-state index is 13.7. The zero-order valence-corrected chi connectivity index (χ0v) is 24.4. The molecule has 226 valence electrons. The molecule has 2 aliphatic rings. The van der Waals surface area contributed by atoms with Crippen molar-refractivity contribution < 1.29 is 33.4 Å². The quantitative estimate of drug-likeness (QED) is 0.277. The molecule has 2 aromatic carbocycles. The molecule has 0 saturated carbocycles. The van der Waals surface area contributed by atoms with E-state index in [1.807, 2.05) is 47.4 Å². The molecule has 4 atom stereocenters. The number of hydrogen-bond acceptors (Lipinski definition) is 8. The number of epoxide rings is 1. The van der Waals surface area contributed by atoms with Crippen LogP contribution in [0.25, 0.3) is 0 Å². The molecule has 2 aliphatic heterocycles. The molecule has 11 heteroatoms. The number of hydrogen-bond donors (Lipinski definition) is 3. The highest BCUT2D eigenvalue weighted by Gasteiger charge is 2.50. The summed E-state index contributed by atoms with van der Waals surface area (Å²) >= 11 is 0.